The first-order valence-corrected chi connectivity index (χ1v) is 8.68. The normalized spacial score (nSPS) is 13.0. The molecule has 3 aromatic rings. The number of carbonyl (C=O) groups excluding carboxylic acids is 1. The monoisotopic (exact) mass is 349 g/mol. The molecule has 134 valence electrons. The summed E-state index contributed by atoms with van der Waals surface area (Å²) < 4.78 is 11.3. The summed E-state index contributed by atoms with van der Waals surface area (Å²) in [5, 5.41) is 5.07. The van der Waals surface area contributed by atoms with Gasteiger partial charge in [-0.05, 0) is 31.4 Å². The van der Waals surface area contributed by atoms with Gasteiger partial charge in [0.25, 0.3) is 5.91 Å². The summed E-state index contributed by atoms with van der Waals surface area (Å²) in [4.78, 5) is 12.6. The van der Waals surface area contributed by atoms with Crippen LogP contribution in [0.4, 0.5) is 0 Å². The van der Waals surface area contributed by atoms with E-state index in [0.29, 0.717) is 5.75 Å². The molecule has 1 N–H and O–H groups in total. The van der Waals surface area contributed by atoms with Crippen molar-refractivity contribution in [3.63, 3.8) is 0 Å². The van der Waals surface area contributed by atoms with Crippen LogP contribution in [0.2, 0.25) is 0 Å². The van der Waals surface area contributed by atoms with Crippen LogP contribution < -0.4 is 14.8 Å². The fourth-order valence-corrected chi connectivity index (χ4v) is 2.98. The number of fused-ring (bicyclic) bond motifs is 1. The third-order valence-electron chi connectivity index (χ3n) is 4.39. The van der Waals surface area contributed by atoms with E-state index in [0.717, 1.165) is 22.1 Å². The summed E-state index contributed by atoms with van der Waals surface area (Å²) in [6, 6.07) is 21.3. The van der Waals surface area contributed by atoms with Gasteiger partial charge in [0.1, 0.15) is 11.5 Å². The highest BCUT2D eigenvalue weighted by Gasteiger charge is 2.20. The summed E-state index contributed by atoms with van der Waals surface area (Å²) in [5.41, 5.74) is 0.931. The van der Waals surface area contributed by atoms with Crippen LogP contribution in [0.15, 0.2) is 66.7 Å². The van der Waals surface area contributed by atoms with Crippen LogP contribution in [-0.2, 0) is 4.79 Å². The van der Waals surface area contributed by atoms with Crippen LogP contribution in [-0.4, -0.2) is 19.1 Å². The van der Waals surface area contributed by atoms with Gasteiger partial charge in [-0.2, -0.15) is 0 Å². The van der Waals surface area contributed by atoms with E-state index in [1.54, 1.807) is 14.0 Å². The lowest BCUT2D eigenvalue weighted by atomic mass is 10.1. The Hall–Kier alpha value is -3.01. The first kappa shape index (κ1) is 17.8. The number of nitrogens with one attached hydrogen (secondary N) is 1. The molecule has 0 aliphatic rings. The largest absolute Gasteiger partial charge is 0.496 e. The molecule has 0 bridgehead atoms. The number of benzene rings is 3. The van der Waals surface area contributed by atoms with Crippen LogP contribution in [0.1, 0.15) is 25.5 Å². The molecule has 4 heteroatoms. The molecule has 0 aliphatic heterocycles. The molecular weight excluding hydrogens is 326 g/mol. The lowest BCUT2D eigenvalue weighted by molar-refractivity contribution is -0.127. The third-order valence-corrected chi connectivity index (χ3v) is 4.39. The van der Waals surface area contributed by atoms with Gasteiger partial charge in [0, 0.05) is 10.9 Å². The highest BCUT2D eigenvalue weighted by atomic mass is 16.5. The van der Waals surface area contributed by atoms with Crippen LogP contribution in [0.5, 0.6) is 11.5 Å². The Morgan fingerprint density at radius 1 is 0.885 bits per heavy atom. The second kappa shape index (κ2) is 7.91. The minimum atomic E-state index is -0.613. The van der Waals surface area contributed by atoms with Crippen molar-refractivity contribution < 1.29 is 14.3 Å². The zero-order valence-electron chi connectivity index (χ0n) is 15.2. The molecule has 0 radical (unpaired) electrons. The van der Waals surface area contributed by atoms with E-state index < -0.39 is 6.10 Å². The standard InChI is InChI=1S/C22H23NO3/c1-15(18-11-6-7-13-20(18)25-3)23-22(24)16(2)26-21-14-8-10-17-9-4-5-12-19(17)21/h4-16H,1-3H3,(H,23,24)/t15-,16+/m1/s1. The molecule has 2 atom stereocenters. The maximum atomic E-state index is 12.6. The molecule has 4 nitrogen and oxygen atoms in total. The summed E-state index contributed by atoms with van der Waals surface area (Å²) in [6.07, 6.45) is -0.613. The van der Waals surface area contributed by atoms with Gasteiger partial charge in [0.15, 0.2) is 6.10 Å². The van der Waals surface area contributed by atoms with Gasteiger partial charge in [-0.3, -0.25) is 4.79 Å². The van der Waals surface area contributed by atoms with E-state index in [-0.39, 0.29) is 11.9 Å². The zero-order valence-corrected chi connectivity index (χ0v) is 15.2. The highest BCUT2D eigenvalue weighted by molar-refractivity contribution is 5.89. The third kappa shape index (κ3) is 3.80. The lowest BCUT2D eigenvalue weighted by Gasteiger charge is -2.21. The molecule has 26 heavy (non-hydrogen) atoms. The van der Waals surface area contributed by atoms with Gasteiger partial charge in [0.2, 0.25) is 0 Å². The number of methoxy groups -OCH3 is 1. The average Bonchev–Trinajstić information content (AvgIpc) is 2.68. The predicted molar refractivity (Wildman–Crippen MR) is 104 cm³/mol. The molecule has 0 aromatic heterocycles. The maximum absolute atomic E-state index is 12.6. The van der Waals surface area contributed by atoms with Crippen LogP contribution in [0, 0.1) is 0 Å². The van der Waals surface area contributed by atoms with E-state index in [2.05, 4.69) is 5.32 Å². The van der Waals surface area contributed by atoms with E-state index >= 15 is 0 Å². The number of hydrogen-bond donors (Lipinski definition) is 1. The number of amides is 1. The van der Waals surface area contributed by atoms with Crippen LogP contribution in [0.3, 0.4) is 0 Å². The van der Waals surface area contributed by atoms with Crippen molar-refractivity contribution in [3.05, 3.63) is 72.3 Å². The summed E-state index contributed by atoms with van der Waals surface area (Å²) in [5.74, 6) is 1.29. The number of ether oxygens (including phenoxy) is 2. The van der Waals surface area contributed by atoms with Crippen molar-refractivity contribution >= 4 is 16.7 Å². The molecule has 0 spiro atoms. The minimum absolute atomic E-state index is 0.170. The van der Waals surface area contributed by atoms with Crippen LogP contribution >= 0.6 is 0 Å². The SMILES string of the molecule is COc1ccccc1[C@@H](C)NC(=O)[C@H](C)Oc1cccc2ccccc12. The predicted octanol–water partition coefficient (Wildman–Crippen LogP) is 4.49. The first-order valence-electron chi connectivity index (χ1n) is 8.68. The van der Waals surface area contributed by atoms with Crippen molar-refractivity contribution in [2.24, 2.45) is 0 Å². The Labute approximate surface area is 153 Å². The van der Waals surface area contributed by atoms with Crippen molar-refractivity contribution in [2.75, 3.05) is 7.11 Å². The molecule has 0 unspecified atom stereocenters. The van der Waals surface area contributed by atoms with E-state index in [9.17, 15) is 4.79 Å². The zero-order chi connectivity index (χ0) is 18.5. The second-order valence-corrected chi connectivity index (χ2v) is 6.21. The molecule has 0 aliphatic carbocycles. The number of carbonyl (C=O) groups is 1. The quantitative estimate of drug-likeness (QED) is 0.713. The smallest absolute Gasteiger partial charge is 0.261 e. The van der Waals surface area contributed by atoms with Crippen LogP contribution in [0.25, 0.3) is 10.8 Å². The number of rotatable bonds is 6. The Morgan fingerprint density at radius 3 is 2.35 bits per heavy atom. The Balaban J connectivity index is 1.71. The molecule has 0 fully saturated rings. The van der Waals surface area contributed by atoms with Gasteiger partial charge in [0.05, 0.1) is 13.2 Å². The number of hydrogen-bond acceptors (Lipinski definition) is 3. The Morgan fingerprint density at radius 2 is 1.54 bits per heavy atom. The fraction of sp³-hybridized carbons (Fsp3) is 0.227. The maximum Gasteiger partial charge on any atom is 0.261 e. The van der Waals surface area contributed by atoms with Crippen molar-refractivity contribution in [1.82, 2.24) is 5.32 Å². The highest BCUT2D eigenvalue weighted by Crippen LogP contribution is 2.27. The van der Waals surface area contributed by atoms with Crippen molar-refractivity contribution in [1.29, 1.82) is 0 Å². The Bertz CT molecular complexity index is 901. The van der Waals surface area contributed by atoms with Crippen molar-refractivity contribution in [3.8, 4) is 11.5 Å². The van der Waals surface area contributed by atoms with Crippen molar-refractivity contribution in [2.45, 2.75) is 26.0 Å². The number of para-hydroxylation sites is 1. The van der Waals surface area contributed by atoms with Gasteiger partial charge >= 0.3 is 0 Å². The molecule has 0 heterocycles. The van der Waals surface area contributed by atoms with E-state index in [1.165, 1.54) is 0 Å². The molecule has 1 amide bonds. The minimum Gasteiger partial charge on any atom is -0.496 e. The van der Waals surface area contributed by atoms with E-state index in [4.69, 9.17) is 9.47 Å². The van der Waals surface area contributed by atoms with Gasteiger partial charge < -0.3 is 14.8 Å². The Kier molecular flexibility index (Phi) is 5.42. The molecule has 3 aromatic carbocycles. The second-order valence-electron chi connectivity index (χ2n) is 6.21. The average molecular weight is 349 g/mol. The van der Waals surface area contributed by atoms with E-state index in [1.807, 2.05) is 73.7 Å². The van der Waals surface area contributed by atoms with Gasteiger partial charge in [-0.15, -0.1) is 0 Å². The molecular formula is C22H23NO3. The lowest BCUT2D eigenvalue weighted by Crippen LogP contribution is -2.37. The first-order chi connectivity index (χ1) is 12.6. The topological polar surface area (TPSA) is 47.6 Å². The van der Waals surface area contributed by atoms with Gasteiger partial charge in [-0.25, -0.2) is 0 Å². The van der Waals surface area contributed by atoms with Gasteiger partial charge in [-0.1, -0.05) is 54.6 Å². The summed E-state index contributed by atoms with van der Waals surface area (Å²) in [6.45, 7) is 3.69. The molecule has 3 rings (SSSR count). The molecule has 0 saturated carbocycles. The fourth-order valence-electron chi connectivity index (χ4n) is 2.98. The summed E-state index contributed by atoms with van der Waals surface area (Å²) in [7, 11) is 1.62. The molecule has 0 saturated heterocycles. The summed E-state index contributed by atoms with van der Waals surface area (Å²) >= 11 is 0.